The smallest absolute Gasteiger partial charge is 0.329 e. The van der Waals surface area contributed by atoms with E-state index in [9.17, 15) is 18.8 Å². The van der Waals surface area contributed by atoms with E-state index in [4.69, 9.17) is 9.47 Å². The lowest BCUT2D eigenvalue weighted by molar-refractivity contribution is -0.158. The van der Waals surface area contributed by atoms with Gasteiger partial charge in [-0.15, -0.1) is 0 Å². The summed E-state index contributed by atoms with van der Waals surface area (Å²) in [6, 6.07) is 20.3. The van der Waals surface area contributed by atoms with Gasteiger partial charge in [0.05, 0.1) is 0 Å². The van der Waals surface area contributed by atoms with E-state index in [1.807, 2.05) is 68.4 Å². The molecule has 0 aromatic heterocycles. The Balaban J connectivity index is 1.73. The average Bonchev–Trinajstić information content (AvgIpc) is 2.91. The number of benzene rings is 3. The van der Waals surface area contributed by atoms with Gasteiger partial charge in [-0.2, -0.15) is 0 Å². The maximum Gasteiger partial charge on any atom is 0.329 e. The quantitative estimate of drug-likeness (QED) is 0.280. The first-order valence-corrected chi connectivity index (χ1v) is 13.7. The predicted octanol–water partition coefficient (Wildman–Crippen LogP) is 5.62. The second kappa shape index (κ2) is 14.4. The lowest BCUT2D eigenvalue weighted by Gasteiger charge is -2.27. The Morgan fingerprint density at radius 1 is 0.805 bits per heavy atom. The number of halogens is 1. The van der Waals surface area contributed by atoms with Crippen molar-refractivity contribution in [1.29, 1.82) is 0 Å². The third-order valence-electron chi connectivity index (χ3n) is 6.05. The maximum atomic E-state index is 13.4. The molecule has 0 aliphatic rings. The molecule has 0 aliphatic carbocycles. The fraction of sp³-hybridized carbons (Fsp3) is 0.364. The summed E-state index contributed by atoms with van der Waals surface area (Å²) >= 11 is 0. The maximum absolute atomic E-state index is 13.4. The molecule has 2 amide bonds. The number of esters is 1. The topological polar surface area (TPSA) is 93.7 Å². The van der Waals surface area contributed by atoms with Crippen molar-refractivity contribution in [2.75, 3.05) is 0 Å². The van der Waals surface area contributed by atoms with Crippen LogP contribution in [0.1, 0.15) is 62.5 Å². The Bertz CT molecular complexity index is 1290. The van der Waals surface area contributed by atoms with Crippen molar-refractivity contribution in [2.24, 2.45) is 5.92 Å². The van der Waals surface area contributed by atoms with Gasteiger partial charge in [-0.25, -0.2) is 9.18 Å². The summed E-state index contributed by atoms with van der Waals surface area (Å²) in [6.45, 7) is 9.55. The van der Waals surface area contributed by atoms with E-state index in [0.29, 0.717) is 18.8 Å². The number of ether oxygens (including phenoxy) is 2. The molecular formula is C33H39FN2O5. The Morgan fingerprint density at radius 3 is 2.02 bits per heavy atom. The number of carbonyl (C=O) groups excluding carboxylic acids is 3. The molecule has 0 bridgehead atoms. The fourth-order valence-electron chi connectivity index (χ4n) is 4.08. The van der Waals surface area contributed by atoms with Gasteiger partial charge in [0.25, 0.3) is 5.91 Å². The highest BCUT2D eigenvalue weighted by Crippen LogP contribution is 2.18. The van der Waals surface area contributed by atoms with Crippen LogP contribution in [0.15, 0.2) is 78.9 Å². The van der Waals surface area contributed by atoms with E-state index < -0.39 is 41.3 Å². The molecular weight excluding hydrogens is 523 g/mol. The van der Waals surface area contributed by atoms with E-state index >= 15 is 0 Å². The molecule has 41 heavy (non-hydrogen) atoms. The lowest BCUT2D eigenvalue weighted by atomic mass is 10.0. The molecule has 3 aromatic rings. The van der Waals surface area contributed by atoms with Crippen LogP contribution in [-0.4, -0.2) is 35.5 Å². The second-order valence-electron chi connectivity index (χ2n) is 11.4. The normalized spacial score (nSPS) is 12.8. The molecule has 3 aromatic carbocycles. The van der Waals surface area contributed by atoms with Crippen LogP contribution in [0, 0.1) is 11.7 Å². The molecule has 0 radical (unpaired) electrons. The summed E-state index contributed by atoms with van der Waals surface area (Å²) in [6.07, 6.45) is 0.521. The molecule has 2 unspecified atom stereocenters. The van der Waals surface area contributed by atoms with Gasteiger partial charge >= 0.3 is 5.97 Å². The number of carbonyl (C=O) groups is 3. The predicted molar refractivity (Wildman–Crippen MR) is 156 cm³/mol. The van der Waals surface area contributed by atoms with Crippen LogP contribution >= 0.6 is 0 Å². The number of hydrogen-bond donors (Lipinski definition) is 2. The third kappa shape index (κ3) is 10.7. The van der Waals surface area contributed by atoms with Crippen LogP contribution in [0.3, 0.4) is 0 Å². The fourth-order valence-corrected chi connectivity index (χ4v) is 4.08. The highest BCUT2D eigenvalue weighted by Gasteiger charge is 2.31. The molecule has 218 valence electrons. The molecule has 3 rings (SSSR count). The summed E-state index contributed by atoms with van der Waals surface area (Å²) in [7, 11) is 0. The first-order valence-electron chi connectivity index (χ1n) is 13.7. The van der Waals surface area contributed by atoms with Crippen LogP contribution in [0.5, 0.6) is 5.75 Å². The number of rotatable bonds is 12. The van der Waals surface area contributed by atoms with Gasteiger partial charge in [-0.1, -0.05) is 56.3 Å². The highest BCUT2D eigenvalue weighted by atomic mass is 19.1. The highest BCUT2D eigenvalue weighted by molar-refractivity contribution is 5.98. The Kier molecular flexibility index (Phi) is 11.0. The molecule has 0 aliphatic heterocycles. The largest absolute Gasteiger partial charge is 0.489 e. The summed E-state index contributed by atoms with van der Waals surface area (Å²) < 4.78 is 24.8. The molecule has 8 heteroatoms. The average molecular weight is 563 g/mol. The summed E-state index contributed by atoms with van der Waals surface area (Å²) in [4.78, 5) is 39.4. The Labute approximate surface area is 241 Å². The van der Waals surface area contributed by atoms with Gasteiger partial charge in [0.15, 0.2) is 0 Å². The van der Waals surface area contributed by atoms with E-state index in [1.54, 1.807) is 20.8 Å². The molecule has 2 N–H and O–H groups in total. The van der Waals surface area contributed by atoms with Crippen LogP contribution in [0.25, 0.3) is 0 Å². The van der Waals surface area contributed by atoms with Crippen LogP contribution < -0.4 is 15.4 Å². The van der Waals surface area contributed by atoms with E-state index in [2.05, 4.69) is 10.6 Å². The van der Waals surface area contributed by atoms with Crippen molar-refractivity contribution >= 4 is 17.8 Å². The minimum absolute atomic E-state index is 0.0719. The Morgan fingerprint density at radius 2 is 1.44 bits per heavy atom. The number of hydrogen-bond acceptors (Lipinski definition) is 5. The standard InChI is InChI=1S/C33H39FN2O5/c1-22(2)19-28(35-30(37)25-13-15-26(34)16-14-25)31(38)36-29(32(39)41-33(3,4)5)20-23-11-17-27(18-12-23)40-21-24-9-7-6-8-10-24/h6-18,22,28-29H,19-21H2,1-5H3,(H,35,37)(H,36,38). The van der Waals surface area contributed by atoms with Crippen LogP contribution in [0.2, 0.25) is 0 Å². The minimum atomic E-state index is -0.991. The molecule has 7 nitrogen and oxygen atoms in total. The van der Waals surface area contributed by atoms with Crippen molar-refractivity contribution in [3.05, 3.63) is 101 Å². The summed E-state index contributed by atoms with van der Waals surface area (Å²) in [5, 5.41) is 5.53. The minimum Gasteiger partial charge on any atom is -0.489 e. The van der Waals surface area contributed by atoms with E-state index in [0.717, 1.165) is 11.1 Å². The van der Waals surface area contributed by atoms with Gasteiger partial charge in [-0.3, -0.25) is 9.59 Å². The Hall–Kier alpha value is -4.20. The first-order chi connectivity index (χ1) is 19.4. The van der Waals surface area contributed by atoms with Crippen molar-refractivity contribution < 1.29 is 28.2 Å². The lowest BCUT2D eigenvalue weighted by Crippen LogP contribution is -2.53. The molecule has 0 heterocycles. The molecule has 0 spiro atoms. The second-order valence-corrected chi connectivity index (χ2v) is 11.4. The summed E-state index contributed by atoms with van der Waals surface area (Å²) in [5.41, 5.74) is 1.31. The van der Waals surface area contributed by atoms with Crippen molar-refractivity contribution in [2.45, 2.75) is 71.8 Å². The van der Waals surface area contributed by atoms with Crippen molar-refractivity contribution in [3.8, 4) is 5.75 Å². The number of amides is 2. The zero-order chi connectivity index (χ0) is 30.0. The van der Waals surface area contributed by atoms with E-state index in [-0.39, 0.29) is 17.9 Å². The zero-order valence-corrected chi connectivity index (χ0v) is 24.3. The first kappa shape index (κ1) is 31.3. The third-order valence-corrected chi connectivity index (χ3v) is 6.05. The molecule has 2 atom stereocenters. The van der Waals surface area contributed by atoms with Crippen molar-refractivity contribution in [1.82, 2.24) is 10.6 Å². The molecule has 0 fully saturated rings. The molecule has 0 saturated heterocycles. The van der Waals surface area contributed by atoms with Gasteiger partial charge in [0.1, 0.15) is 35.9 Å². The van der Waals surface area contributed by atoms with Gasteiger partial charge in [-0.05, 0) is 80.6 Å². The monoisotopic (exact) mass is 562 g/mol. The SMILES string of the molecule is CC(C)CC(NC(=O)c1ccc(F)cc1)C(=O)NC(Cc1ccc(OCc2ccccc2)cc1)C(=O)OC(C)(C)C. The zero-order valence-electron chi connectivity index (χ0n) is 24.3. The van der Waals surface area contributed by atoms with Crippen LogP contribution in [0.4, 0.5) is 4.39 Å². The number of nitrogens with one attached hydrogen (secondary N) is 2. The van der Waals surface area contributed by atoms with Gasteiger partial charge in [0, 0.05) is 12.0 Å². The molecule has 0 saturated carbocycles. The van der Waals surface area contributed by atoms with E-state index in [1.165, 1.54) is 24.3 Å². The van der Waals surface area contributed by atoms with Crippen molar-refractivity contribution in [3.63, 3.8) is 0 Å². The summed E-state index contributed by atoms with van der Waals surface area (Å²) in [5.74, 6) is -1.31. The van der Waals surface area contributed by atoms with Crippen LogP contribution in [-0.2, 0) is 27.4 Å². The van der Waals surface area contributed by atoms with Gasteiger partial charge in [0.2, 0.25) is 5.91 Å². The van der Waals surface area contributed by atoms with Gasteiger partial charge < -0.3 is 20.1 Å².